The second-order valence-electron chi connectivity index (χ2n) is 4.10. The van der Waals surface area contributed by atoms with E-state index in [0.717, 1.165) is 5.76 Å². The average Bonchev–Trinajstić information content (AvgIpc) is 2.77. The van der Waals surface area contributed by atoms with Crippen LogP contribution >= 0.6 is 0 Å². The molecule has 5 heteroatoms. The fourth-order valence-electron chi connectivity index (χ4n) is 2.03. The van der Waals surface area contributed by atoms with Crippen LogP contribution in [-0.2, 0) is 11.3 Å². The Morgan fingerprint density at radius 2 is 2.50 bits per heavy atom. The Morgan fingerprint density at radius 3 is 3.12 bits per heavy atom. The molecule has 1 saturated heterocycles. The van der Waals surface area contributed by atoms with Crippen molar-refractivity contribution in [2.24, 2.45) is 5.73 Å². The van der Waals surface area contributed by atoms with Crippen LogP contribution in [-0.4, -0.2) is 36.0 Å². The molecule has 1 aromatic heterocycles. The maximum absolute atomic E-state index is 11.6. The topological polar surface area (TPSA) is 71.5 Å². The first-order valence-electron chi connectivity index (χ1n) is 5.48. The van der Waals surface area contributed by atoms with Gasteiger partial charge in [-0.25, -0.2) is 0 Å². The van der Waals surface area contributed by atoms with Gasteiger partial charge in [-0.3, -0.25) is 9.69 Å². The van der Waals surface area contributed by atoms with Crippen molar-refractivity contribution in [3.05, 3.63) is 24.2 Å². The minimum atomic E-state index is -0.256. The number of furan rings is 1. The van der Waals surface area contributed by atoms with E-state index in [1.807, 2.05) is 12.1 Å². The Balaban J connectivity index is 2.11. The first kappa shape index (κ1) is 11.2. The van der Waals surface area contributed by atoms with Crippen LogP contribution in [0.4, 0.5) is 0 Å². The number of nitrogens with one attached hydrogen (secondary N) is 1. The Labute approximate surface area is 94.6 Å². The van der Waals surface area contributed by atoms with Crippen molar-refractivity contribution in [2.45, 2.75) is 25.6 Å². The largest absolute Gasteiger partial charge is 0.468 e. The number of hydrogen-bond acceptors (Lipinski definition) is 4. The SMILES string of the molecule is CC1CNC(=O)C(CN)N1Cc1ccco1. The molecule has 5 nitrogen and oxygen atoms in total. The van der Waals surface area contributed by atoms with Crippen LogP contribution in [0.5, 0.6) is 0 Å². The van der Waals surface area contributed by atoms with E-state index >= 15 is 0 Å². The summed E-state index contributed by atoms with van der Waals surface area (Å²) >= 11 is 0. The molecular formula is C11H17N3O2. The Morgan fingerprint density at radius 1 is 1.69 bits per heavy atom. The molecule has 88 valence electrons. The summed E-state index contributed by atoms with van der Waals surface area (Å²) in [5, 5.41) is 2.85. The smallest absolute Gasteiger partial charge is 0.238 e. The van der Waals surface area contributed by atoms with Gasteiger partial charge in [0.05, 0.1) is 12.8 Å². The summed E-state index contributed by atoms with van der Waals surface area (Å²) in [5.74, 6) is 0.868. The monoisotopic (exact) mass is 223 g/mol. The number of hydrogen-bond donors (Lipinski definition) is 2. The standard InChI is InChI=1S/C11H17N3O2/c1-8-6-13-11(15)10(5-12)14(8)7-9-3-2-4-16-9/h2-4,8,10H,5-7,12H2,1H3,(H,13,15). The maximum atomic E-state index is 11.6. The van der Waals surface area contributed by atoms with Gasteiger partial charge in [0.1, 0.15) is 11.8 Å². The molecule has 0 spiro atoms. The summed E-state index contributed by atoms with van der Waals surface area (Å²) in [4.78, 5) is 13.7. The number of piperazine rings is 1. The van der Waals surface area contributed by atoms with Crippen molar-refractivity contribution in [1.29, 1.82) is 0 Å². The van der Waals surface area contributed by atoms with Gasteiger partial charge in [-0.15, -0.1) is 0 Å². The number of nitrogens with two attached hydrogens (primary N) is 1. The lowest BCUT2D eigenvalue weighted by molar-refractivity contribution is -0.130. The fourth-order valence-corrected chi connectivity index (χ4v) is 2.03. The highest BCUT2D eigenvalue weighted by Crippen LogP contribution is 2.15. The van der Waals surface area contributed by atoms with Gasteiger partial charge in [0, 0.05) is 19.1 Å². The van der Waals surface area contributed by atoms with Crippen LogP contribution in [0.2, 0.25) is 0 Å². The molecule has 2 atom stereocenters. The molecule has 1 aliphatic rings. The summed E-state index contributed by atoms with van der Waals surface area (Å²) < 4.78 is 5.30. The van der Waals surface area contributed by atoms with E-state index in [-0.39, 0.29) is 18.0 Å². The van der Waals surface area contributed by atoms with E-state index in [9.17, 15) is 4.79 Å². The number of amides is 1. The summed E-state index contributed by atoms with van der Waals surface area (Å²) in [5.41, 5.74) is 5.64. The van der Waals surface area contributed by atoms with Gasteiger partial charge in [0.25, 0.3) is 0 Å². The molecule has 0 bridgehead atoms. The van der Waals surface area contributed by atoms with Crippen LogP contribution in [0.15, 0.2) is 22.8 Å². The second-order valence-corrected chi connectivity index (χ2v) is 4.10. The van der Waals surface area contributed by atoms with Crippen molar-refractivity contribution >= 4 is 5.91 Å². The predicted octanol–water partition coefficient (Wildman–Crippen LogP) is -0.0728. The number of carbonyl (C=O) groups excluding carboxylic acids is 1. The molecule has 16 heavy (non-hydrogen) atoms. The average molecular weight is 223 g/mol. The van der Waals surface area contributed by atoms with Crippen LogP contribution in [0.1, 0.15) is 12.7 Å². The van der Waals surface area contributed by atoms with Crippen LogP contribution < -0.4 is 11.1 Å². The fraction of sp³-hybridized carbons (Fsp3) is 0.545. The van der Waals surface area contributed by atoms with Crippen molar-refractivity contribution in [2.75, 3.05) is 13.1 Å². The minimum absolute atomic E-state index is 0.00663. The van der Waals surface area contributed by atoms with Crippen molar-refractivity contribution in [1.82, 2.24) is 10.2 Å². The molecule has 1 amide bonds. The van der Waals surface area contributed by atoms with Gasteiger partial charge in [0.15, 0.2) is 0 Å². The quantitative estimate of drug-likeness (QED) is 0.752. The number of rotatable bonds is 3. The number of nitrogens with zero attached hydrogens (tertiary/aromatic N) is 1. The maximum Gasteiger partial charge on any atom is 0.238 e. The molecule has 3 N–H and O–H groups in total. The van der Waals surface area contributed by atoms with Gasteiger partial charge in [0.2, 0.25) is 5.91 Å². The van der Waals surface area contributed by atoms with Crippen LogP contribution in [0.25, 0.3) is 0 Å². The minimum Gasteiger partial charge on any atom is -0.468 e. The summed E-state index contributed by atoms with van der Waals surface area (Å²) in [6.07, 6.45) is 1.64. The normalized spacial score (nSPS) is 26.8. The van der Waals surface area contributed by atoms with Crippen molar-refractivity contribution in [3.63, 3.8) is 0 Å². The molecule has 2 unspecified atom stereocenters. The van der Waals surface area contributed by atoms with Gasteiger partial charge >= 0.3 is 0 Å². The van der Waals surface area contributed by atoms with Crippen molar-refractivity contribution in [3.8, 4) is 0 Å². The molecule has 1 aromatic rings. The predicted molar refractivity (Wildman–Crippen MR) is 59.6 cm³/mol. The van der Waals surface area contributed by atoms with Gasteiger partial charge in [-0.2, -0.15) is 0 Å². The van der Waals surface area contributed by atoms with E-state index in [0.29, 0.717) is 19.6 Å². The lowest BCUT2D eigenvalue weighted by Gasteiger charge is -2.38. The van der Waals surface area contributed by atoms with Crippen molar-refractivity contribution < 1.29 is 9.21 Å². The second kappa shape index (κ2) is 4.67. The molecule has 2 rings (SSSR count). The van der Waals surface area contributed by atoms with E-state index in [2.05, 4.69) is 17.1 Å². The van der Waals surface area contributed by atoms with Crippen LogP contribution in [0.3, 0.4) is 0 Å². The summed E-state index contributed by atoms with van der Waals surface area (Å²) in [7, 11) is 0. The molecule has 1 fully saturated rings. The van der Waals surface area contributed by atoms with E-state index in [1.54, 1.807) is 6.26 Å². The van der Waals surface area contributed by atoms with Gasteiger partial charge in [-0.05, 0) is 19.1 Å². The third-order valence-corrected chi connectivity index (χ3v) is 2.98. The number of carbonyl (C=O) groups is 1. The lowest BCUT2D eigenvalue weighted by Crippen LogP contribution is -2.61. The zero-order valence-electron chi connectivity index (χ0n) is 9.35. The molecular weight excluding hydrogens is 206 g/mol. The zero-order valence-corrected chi connectivity index (χ0v) is 9.35. The van der Waals surface area contributed by atoms with E-state index in [4.69, 9.17) is 10.2 Å². The highest BCUT2D eigenvalue weighted by Gasteiger charge is 2.33. The molecule has 0 saturated carbocycles. The Kier molecular flexibility index (Phi) is 3.26. The highest BCUT2D eigenvalue weighted by molar-refractivity contribution is 5.82. The summed E-state index contributed by atoms with van der Waals surface area (Å²) in [6, 6.07) is 3.78. The summed E-state index contributed by atoms with van der Waals surface area (Å²) in [6.45, 7) is 3.70. The third kappa shape index (κ3) is 2.10. The Hall–Kier alpha value is -1.33. The molecule has 0 radical (unpaired) electrons. The highest BCUT2D eigenvalue weighted by atomic mass is 16.3. The Bertz CT molecular complexity index is 350. The molecule has 0 aromatic carbocycles. The van der Waals surface area contributed by atoms with Crippen LogP contribution in [0, 0.1) is 0 Å². The zero-order chi connectivity index (χ0) is 11.5. The molecule has 1 aliphatic heterocycles. The van der Waals surface area contributed by atoms with Gasteiger partial charge < -0.3 is 15.5 Å². The van der Waals surface area contributed by atoms with E-state index in [1.165, 1.54) is 0 Å². The molecule has 0 aliphatic carbocycles. The third-order valence-electron chi connectivity index (χ3n) is 2.98. The molecule has 2 heterocycles. The van der Waals surface area contributed by atoms with Gasteiger partial charge in [-0.1, -0.05) is 0 Å². The lowest BCUT2D eigenvalue weighted by atomic mass is 10.1. The first-order chi connectivity index (χ1) is 7.72. The van der Waals surface area contributed by atoms with E-state index < -0.39 is 0 Å². The first-order valence-corrected chi connectivity index (χ1v) is 5.48.